The highest BCUT2D eigenvalue weighted by atomic mass is 127. The van der Waals surface area contributed by atoms with Crippen LogP contribution in [0.3, 0.4) is 0 Å². The number of ether oxygens (including phenoxy) is 1. The molecule has 8 heteroatoms. The van der Waals surface area contributed by atoms with Crippen LogP contribution in [0.2, 0.25) is 0 Å². The SMILES string of the molecule is CCOc1cccc(CCN=C(N)N2CCN(c3nccs3)CC2)c1.I. The van der Waals surface area contributed by atoms with Gasteiger partial charge in [-0.25, -0.2) is 4.98 Å². The summed E-state index contributed by atoms with van der Waals surface area (Å²) in [6.45, 7) is 6.99. The predicted molar refractivity (Wildman–Crippen MR) is 119 cm³/mol. The van der Waals surface area contributed by atoms with Crippen LogP contribution in [-0.2, 0) is 6.42 Å². The molecule has 1 saturated heterocycles. The van der Waals surface area contributed by atoms with E-state index in [0.29, 0.717) is 19.1 Å². The molecule has 0 aliphatic carbocycles. The summed E-state index contributed by atoms with van der Waals surface area (Å²) >= 11 is 1.68. The average Bonchev–Trinajstić information content (AvgIpc) is 3.17. The highest BCUT2D eigenvalue weighted by molar-refractivity contribution is 14.0. The van der Waals surface area contributed by atoms with Crippen molar-refractivity contribution >= 4 is 46.4 Å². The number of nitrogens with two attached hydrogens (primary N) is 1. The van der Waals surface area contributed by atoms with Gasteiger partial charge in [0.05, 0.1) is 6.61 Å². The van der Waals surface area contributed by atoms with Crippen LogP contribution in [0.4, 0.5) is 5.13 Å². The Morgan fingerprint density at radius 1 is 1.31 bits per heavy atom. The normalized spacial score (nSPS) is 14.9. The Bertz CT molecular complexity index is 687. The largest absolute Gasteiger partial charge is 0.494 e. The molecule has 0 unspecified atom stereocenters. The van der Waals surface area contributed by atoms with Gasteiger partial charge in [0.2, 0.25) is 0 Å². The zero-order chi connectivity index (χ0) is 17.5. The van der Waals surface area contributed by atoms with E-state index in [2.05, 4.69) is 31.9 Å². The molecule has 0 atom stereocenters. The van der Waals surface area contributed by atoms with E-state index in [1.54, 1.807) is 11.3 Å². The Morgan fingerprint density at radius 3 is 2.81 bits per heavy atom. The van der Waals surface area contributed by atoms with Gasteiger partial charge in [-0.2, -0.15) is 0 Å². The lowest BCUT2D eigenvalue weighted by molar-refractivity contribution is 0.340. The summed E-state index contributed by atoms with van der Waals surface area (Å²) in [4.78, 5) is 13.4. The van der Waals surface area contributed by atoms with Crippen LogP contribution < -0.4 is 15.4 Å². The maximum absolute atomic E-state index is 6.17. The zero-order valence-electron chi connectivity index (χ0n) is 15.0. The second-order valence-electron chi connectivity index (χ2n) is 5.86. The van der Waals surface area contributed by atoms with Crippen LogP contribution in [0.5, 0.6) is 5.75 Å². The monoisotopic (exact) mass is 487 g/mol. The Morgan fingerprint density at radius 2 is 2.12 bits per heavy atom. The van der Waals surface area contributed by atoms with E-state index in [0.717, 1.165) is 43.5 Å². The van der Waals surface area contributed by atoms with E-state index in [1.807, 2.05) is 30.6 Å². The second-order valence-corrected chi connectivity index (χ2v) is 6.73. The molecule has 0 spiro atoms. The Labute approximate surface area is 176 Å². The van der Waals surface area contributed by atoms with E-state index >= 15 is 0 Å². The third kappa shape index (κ3) is 5.73. The Hall–Kier alpha value is -1.55. The topological polar surface area (TPSA) is 67.0 Å². The average molecular weight is 487 g/mol. The third-order valence-electron chi connectivity index (χ3n) is 4.18. The van der Waals surface area contributed by atoms with Gasteiger partial charge in [-0.15, -0.1) is 35.3 Å². The van der Waals surface area contributed by atoms with Crippen molar-refractivity contribution in [1.29, 1.82) is 0 Å². The molecule has 2 aromatic rings. The molecule has 2 N–H and O–H groups in total. The fraction of sp³-hybridized carbons (Fsp3) is 0.444. The molecule has 142 valence electrons. The van der Waals surface area contributed by atoms with Crippen LogP contribution in [-0.4, -0.2) is 55.2 Å². The van der Waals surface area contributed by atoms with E-state index in [4.69, 9.17) is 10.5 Å². The van der Waals surface area contributed by atoms with Crippen molar-refractivity contribution in [2.75, 3.05) is 44.2 Å². The molecule has 1 fully saturated rings. The molecule has 2 heterocycles. The molecule has 0 radical (unpaired) electrons. The number of benzene rings is 1. The smallest absolute Gasteiger partial charge is 0.191 e. The second kappa shape index (κ2) is 10.6. The van der Waals surface area contributed by atoms with Gasteiger partial charge in [-0.05, 0) is 31.0 Å². The zero-order valence-corrected chi connectivity index (χ0v) is 18.2. The van der Waals surface area contributed by atoms with Gasteiger partial charge in [0, 0.05) is 44.3 Å². The molecule has 26 heavy (non-hydrogen) atoms. The number of piperazine rings is 1. The van der Waals surface area contributed by atoms with Crippen molar-refractivity contribution < 1.29 is 4.74 Å². The van der Waals surface area contributed by atoms with Crippen molar-refractivity contribution in [3.05, 3.63) is 41.4 Å². The summed E-state index contributed by atoms with van der Waals surface area (Å²) in [6, 6.07) is 8.17. The fourth-order valence-electron chi connectivity index (χ4n) is 2.86. The highest BCUT2D eigenvalue weighted by Crippen LogP contribution is 2.18. The maximum Gasteiger partial charge on any atom is 0.191 e. The van der Waals surface area contributed by atoms with E-state index < -0.39 is 0 Å². The minimum absolute atomic E-state index is 0. The molecule has 1 aliphatic heterocycles. The van der Waals surface area contributed by atoms with Crippen LogP contribution in [0.15, 0.2) is 40.8 Å². The van der Waals surface area contributed by atoms with Crippen molar-refractivity contribution in [1.82, 2.24) is 9.88 Å². The number of nitrogens with zero attached hydrogens (tertiary/aromatic N) is 4. The first-order chi connectivity index (χ1) is 12.3. The first-order valence-corrected chi connectivity index (χ1v) is 9.55. The van der Waals surface area contributed by atoms with Gasteiger partial charge in [-0.3, -0.25) is 4.99 Å². The number of rotatable bonds is 6. The van der Waals surface area contributed by atoms with Crippen LogP contribution in [0.1, 0.15) is 12.5 Å². The van der Waals surface area contributed by atoms with Crippen molar-refractivity contribution in [3.8, 4) is 5.75 Å². The lowest BCUT2D eigenvalue weighted by Crippen LogP contribution is -2.51. The van der Waals surface area contributed by atoms with Crippen molar-refractivity contribution in [2.45, 2.75) is 13.3 Å². The van der Waals surface area contributed by atoms with Crippen LogP contribution in [0, 0.1) is 0 Å². The van der Waals surface area contributed by atoms with E-state index in [9.17, 15) is 0 Å². The first-order valence-electron chi connectivity index (χ1n) is 8.67. The molecular weight excluding hydrogens is 461 g/mol. The molecule has 6 nitrogen and oxygen atoms in total. The first kappa shape index (κ1) is 20.8. The molecule has 1 aromatic carbocycles. The summed E-state index contributed by atoms with van der Waals surface area (Å²) in [7, 11) is 0. The molecule has 1 aliphatic rings. The number of hydrogen-bond acceptors (Lipinski definition) is 5. The molecular formula is C18H26IN5OS. The number of halogens is 1. The molecule has 0 bridgehead atoms. The standard InChI is InChI=1S/C18H25N5OS.HI/c1-2-24-16-5-3-4-15(14-16)6-7-20-17(19)22-9-11-23(12-10-22)18-21-8-13-25-18;/h3-5,8,13-14H,2,6-7,9-12H2,1H3,(H2,19,20);1H. The molecule has 0 saturated carbocycles. The van der Waals surface area contributed by atoms with Gasteiger partial charge in [0.15, 0.2) is 11.1 Å². The van der Waals surface area contributed by atoms with Gasteiger partial charge >= 0.3 is 0 Å². The maximum atomic E-state index is 6.17. The van der Waals surface area contributed by atoms with Crippen LogP contribution >= 0.6 is 35.3 Å². The van der Waals surface area contributed by atoms with E-state index in [1.165, 1.54) is 5.56 Å². The number of anilines is 1. The lowest BCUT2D eigenvalue weighted by Gasteiger charge is -2.35. The molecule has 3 rings (SSSR count). The summed E-state index contributed by atoms with van der Waals surface area (Å²) in [5.41, 5.74) is 7.39. The number of guanidine groups is 1. The summed E-state index contributed by atoms with van der Waals surface area (Å²) in [6.07, 6.45) is 2.71. The molecule has 0 amide bonds. The summed E-state index contributed by atoms with van der Waals surface area (Å²) in [5, 5.41) is 3.10. The summed E-state index contributed by atoms with van der Waals surface area (Å²) in [5.74, 6) is 1.55. The quantitative estimate of drug-likeness (QED) is 0.386. The Balaban J connectivity index is 0.00000243. The number of thiazole rings is 1. The number of aliphatic imine (C=N–C) groups is 1. The number of aromatic nitrogens is 1. The minimum atomic E-state index is 0. The van der Waals surface area contributed by atoms with E-state index in [-0.39, 0.29) is 24.0 Å². The fourth-order valence-corrected chi connectivity index (χ4v) is 3.55. The van der Waals surface area contributed by atoms with Crippen molar-refractivity contribution in [3.63, 3.8) is 0 Å². The van der Waals surface area contributed by atoms with Gasteiger partial charge < -0.3 is 20.3 Å². The third-order valence-corrected chi connectivity index (χ3v) is 5.01. The lowest BCUT2D eigenvalue weighted by atomic mass is 10.1. The summed E-state index contributed by atoms with van der Waals surface area (Å²) < 4.78 is 5.53. The highest BCUT2D eigenvalue weighted by Gasteiger charge is 2.19. The van der Waals surface area contributed by atoms with Crippen molar-refractivity contribution in [2.24, 2.45) is 10.7 Å². The Kier molecular flexibility index (Phi) is 8.43. The van der Waals surface area contributed by atoms with Gasteiger partial charge in [0.1, 0.15) is 5.75 Å². The predicted octanol–water partition coefficient (Wildman–Crippen LogP) is 2.84. The van der Waals surface area contributed by atoms with Gasteiger partial charge in [-0.1, -0.05) is 12.1 Å². The van der Waals surface area contributed by atoms with Gasteiger partial charge in [0.25, 0.3) is 0 Å². The number of hydrogen-bond donors (Lipinski definition) is 1. The minimum Gasteiger partial charge on any atom is -0.494 e. The molecule has 1 aromatic heterocycles. The van der Waals surface area contributed by atoms with Crippen LogP contribution in [0.25, 0.3) is 0 Å².